The van der Waals surface area contributed by atoms with Gasteiger partial charge in [-0.3, -0.25) is 9.59 Å². The predicted octanol–water partition coefficient (Wildman–Crippen LogP) is 1.58. The molecule has 1 unspecified atom stereocenters. The van der Waals surface area contributed by atoms with E-state index in [0.29, 0.717) is 6.42 Å². The van der Waals surface area contributed by atoms with Crippen molar-refractivity contribution in [3.63, 3.8) is 0 Å². The van der Waals surface area contributed by atoms with Crippen molar-refractivity contribution in [2.45, 2.75) is 20.3 Å². The van der Waals surface area contributed by atoms with Gasteiger partial charge >= 0.3 is 0 Å². The van der Waals surface area contributed by atoms with Gasteiger partial charge in [0.1, 0.15) is 0 Å². The molecule has 2 rings (SSSR count). The molecule has 1 heterocycles. The Balaban J connectivity index is 2.11. The summed E-state index contributed by atoms with van der Waals surface area (Å²) in [6, 6.07) is 10.1. The van der Waals surface area contributed by atoms with Gasteiger partial charge in [0.05, 0.1) is 6.54 Å². The first kappa shape index (κ1) is 15.1. The number of benzene rings is 1. The van der Waals surface area contributed by atoms with Gasteiger partial charge in [0.15, 0.2) is 0 Å². The molecular weight excluding hydrogens is 266 g/mol. The summed E-state index contributed by atoms with van der Waals surface area (Å²) < 4.78 is 0. The first-order chi connectivity index (χ1) is 9.97. The number of primary amides is 1. The van der Waals surface area contributed by atoms with Crippen molar-refractivity contribution in [2.75, 3.05) is 6.54 Å². The van der Waals surface area contributed by atoms with Crippen LogP contribution < -0.4 is 11.1 Å². The zero-order valence-corrected chi connectivity index (χ0v) is 12.3. The molecule has 1 aromatic heterocycles. The van der Waals surface area contributed by atoms with Gasteiger partial charge in [0, 0.05) is 17.1 Å². The van der Waals surface area contributed by atoms with Crippen molar-refractivity contribution in [3.05, 3.63) is 36.0 Å². The molecule has 2 aromatic rings. The zero-order valence-electron chi connectivity index (χ0n) is 12.3. The average Bonchev–Trinajstić information content (AvgIpc) is 2.84. The molecule has 1 aromatic carbocycles. The lowest BCUT2D eigenvalue weighted by molar-refractivity contribution is -0.128. The maximum atomic E-state index is 12.2. The third-order valence-corrected chi connectivity index (χ3v) is 3.60. The lowest BCUT2D eigenvalue weighted by Gasteiger charge is -2.19. The summed E-state index contributed by atoms with van der Waals surface area (Å²) in [6.07, 6.45) is 0.608. The van der Waals surface area contributed by atoms with Crippen molar-refractivity contribution in [2.24, 2.45) is 17.6 Å². The minimum atomic E-state index is -0.531. The molecule has 112 valence electrons. The van der Waals surface area contributed by atoms with Crippen molar-refractivity contribution in [3.8, 4) is 0 Å². The minimum absolute atomic E-state index is 0.116. The average molecular weight is 287 g/mol. The largest absolute Gasteiger partial charge is 0.368 e. The Hall–Kier alpha value is -2.30. The van der Waals surface area contributed by atoms with Gasteiger partial charge in [-0.05, 0) is 29.9 Å². The van der Waals surface area contributed by atoms with Crippen LogP contribution in [-0.2, 0) is 16.0 Å². The van der Waals surface area contributed by atoms with Gasteiger partial charge in [-0.1, -0.05) is 32.0 Å². The normalized spacial score (nSPS) is 12.5. The molecule has 0 aliphatic carbocycles. The summed E-state index contributed by atoms with van der Waals surface area (Å²) in [7, 11) is 0. The highest BCUT2D eigenvalue weighted by molar-refractivity contribution is 5.85. The van der Waals surface area contributed by atoms with Crippen molar-refractivity contribution in [1.82, 2.24) is 10.3 Å². The first-order valence-corrected chi connectivity index (χ1v) is 7.10. The molecule has 0 aliphatic rings. The topological polar surface area (TPSA) is 88.0 Å². The highest BCUT2D eigenvalue weighted by Gasteiger charge is 2.23. The number of para-hydroxylation sites is 1. The van der Waals surface area contributed by atoms with Gasteiger partial charge < -0.3 is 16.0 Å². The number of rotatable bonds is 6. The Morgan fingerprint density at radius 1 is 1.29 bits per heavy atom. The molecule has 21 heavy (non-hydrogen) atoms. The number of fused-ring (bicyclic) bond motifs is 1. The van der Waals surface area contributed by atoms with Gasteiger partial charge in [0.2, 0.25) is 11.8 Å². The van der Waals surface area contributed by atoms with Crippen LogP contribution in [0.1, 0.15) is 19.5 Å². The van der Waals surface area contributed by atoms with Crippen LogP contribution in [0.5, 0.6) is 0 Å². The van der Waals surface area contributed by atoms with Crippen LogP contribution in [0, 0.1) is 11.8 Å². The number of carbonyl (C=O) groups is 2. The lowest BCUT2D eigenvalue weighted by Crippen LogP contribution is -2.39. The fraction of sp³-hybridized carbons (Fsp3) is 0.375. The van der Waals surface area contributed by atoms with Crippen molar-refractivity contribution >= 4 is 22.7 Å². The second-order valence-electron chi connectivity index (χ2n) is 5.62. The third-order valence-electron chi connectivity index (χ3n) is 3.60. The van der Waals surface area contributed by atoms with E-state index >= 15 is 0 Å². The van der Waals surface area contributed by atoms with Gasteiger partial charge in [-0.25, -0.2) is 0 Å². The van der Waals surface area contributed by atoms with Gasteiger partial charge in [0.25, 0.3) is 0 Å². The number of H-pyrrole nitrogens is 1. The Bertz CT molecular complexity index is 613. The molecular formula is C16H21N3O2. The van der Waals surface area contributed by atoms with Gasteiger partial charge in [-0.15, -0.1) is 0 Å². The smallest absolute Gasteiger partial charge is 0.236 e. The number of hydrogen-bond acceptors (Lipinski definition) is 2. The van der Waals surface area contributed by atoms with Crippen LogP contribution in [0.3, 0.4) is 0 Å². The molecule has 0 saturated heterocycles. The van der Waals surface area contributed by atoms with Crippen LogP contribution in [0.25, 0.3) is 10.9 Å². The summed E-state index contributed by atoms with van der Waals surface area (Å²) in [5.41, 5.74) is 7.14. The molecule has 0 bridgehead atoms. The van der Waals surface area contributed by atoms with Crippen LogP contribution in [0.2, 0.25) is 0 Å². The van der Waals surface area contributed by atoms with E-state index < -0.39 is 5.91 Å². The SMILES string of the molecule is CC(C)C(Cc1cc2ccccc2[nH]1)C(=O)NCC(N)=O. The van der Waals surface area contributed by atoms with E-state index in [1.807, 2.05) is 38.1 Å². The minimum Gasteiger partial charge on any atom is -0.368 e. The highest BCUT2D eigenvalue weighted by atomic mass is 16.2. The maximum absolute atomic E-state index is 12.2. The number of aromatic nitrogens is 1. The number of hydrogen-bond donors (Lipinski definition) is 3. The first-order valence-electron chi connectivity index (χ1n) is 7.10. The van der Waals surface area contributed by atoms with Crippen molar-refractivity contribution < 1.29 is 9.59 Å². The quantitative estimate of drug-likeness (QED) is 0.753. The second kappa shape index (κ2) is 6.43. The number of nitrogens with two attached hydrogens (primary N) is 1. The molecule has 0 radical (unpaired) electrons. The van der Waals surface area contributed by atoms with E-state index in [0.717, 1.165) is 16.6 Å². The predicted molar refractivity (Wildman–Crippen MR) is 82.5 cm³/mol. The highest BCUT2D eigenvalue weighted by Crippen LogP contribution is 2.21. The third kappa shape index (κ3) is 3.84. The maximum Gasteiger partial charge on any atom is 0.236 e. The van der Waals surface area contributed by atoms with E-state index in [1.165, 1.54) is 0 Å². The summed E-state index contributed by atoms with van der Waals surface area (Å²) in [4.78, 5) is 26.3. The van der Waals surface area contributed by atoms with Crippen LogP contribution >= 0.6 is 0 Å². The Morgan fingerprint density at radius 2 is 2.00 bits per heavy atom. The number of carbonyl (C=O) groups excluding carboxylic acids is 2. The fourth-order valence-corrected chi connectivity index (χ4v) is 2.42. The van der Waals surface area contributed by atoms with Crippen LogP contribution in [-0.4, -0.2) is 23.3 Å². The molecule has 0 spiro atoms. The molecule has 0 aliphatic heterocycles. The molecule has 1 atom stereocenters. The molecule has 0 saturated carbocycles. The number of nitrogens with one attached hydrogen (secondary N) is 2. The van der Waals surface area contributed by atoms with Crippen LogP contribution in [0.4, 0.5) is 0 Å². The van der Waals surface area contributed by atoms with E-state index in [9.17, 15) is 9.59 Å². The van der Waals surface area contributed by atoms with Crippen molar-refractivity contribution in [1.29, 1.82) is 0 Å². The number of amides is 2. The van der Waals surface area contributed by atoms with E-state index in [4.69, 9.17) is 5.73 Å². The number of aromatic amines is 1. The summed E-state index contributed by atoms with van der Waals surface area (Å²) in [5, 5.41) is 3.72. The molecule has 5 heteroatoms. The summed E-state index contributed by atoms with van der Waals surface area (Å²) in [6.45, 7) is 3.88. The Kier molecular flexibility index (Phi) is 4.62. The van der Waals surface area contributed by atoms with E-state index in [2.05, 4.69) is 16.4 Å². The zero-order chi connectivity index (χ0) is 15.4. The van der Waals surface area contributed by atoms with Crippen LogP contribution in [0.15, 0.2) is 30.3 Å². The molecule has 2 amide bonds. The van der Waals surface area contributed by atoms with E-state index in [-0.39, 0.29) is 24.3 Å². The molecule has 5 nitrogen and oxygen atoms in total. The van der Waals surface area contributed by atoms with Gasteiger partial charge in [-0.2, -0.15) is 0 Å². The van der Waals surface area contributed by atoms with E-state index in [1.54, 1.807) is 0 Å². The molecule has 0 fully saturated rings. The Labute approximate surface area is 123 Å². The molecule has 4 N–H and O–H groups in total. The monoisotopic (exact) mass is 287 g/mol. The fourth-order valence-electron chi connectivity index (χ4n) is 2.42. The Morgan fingerprint density at radius 3 is 2.62 bits per heavy atom. The second-order valence-corrected chi connectivity index (χ2v) is 5.62. The standard InChI is InChI=1S/C16H21N3O2/c1-10(2)13(16(21)18-9-15(17)20)8-12-7-11-5-3-4-6-14(11)19-12/h3-7,10,13,19H,8-9H2,1-2H3,(H2,17,20)(H,18,21). The summed E-state index contributed by atoms with van der Waals surface area (Å²) in [5.74, 6) is -0.694. The summed E-state index contributed by atoms with van der Waals surface area (Å²) >= 11 is 0. The lowest BCUT2D eigenvalue weighted by atomic mass is 9.90.